The van der Waals surface area contributed by atoms with Crippen LogP contribution in [0.2, 0.25) is 0 Å². The maximum absolute atomic E-state index is 13.2. The molecular formula is C22H25FN2. The molecule has 0 bridgehead atoms. The van der Waals surface area contributed by atoms with Gasteiger partial charge in [0.2, 0.25) is 0 Å². The second-order valence-electron chi connectivity index (χ2n) is 7.27. The molecule has 0 spiro atoms. The Hall–Kier alpha value is -2.13. The van der Waals surface area contributed by atoms with Gasteiger partial charge >= 0.3 is 0 Å². The fourth-order valence-corrected chi connectivity index (χ4v) is 4.24. The third-order valence-corrected chi connectivity index (χ3v) is 5.75. The van der Waals surface area contributed by atoms with Crippen LogP contribution in [0.4, 0.5) is 4.39 Å². The predicted molar refractivity (Wildman–Crippen MR) is 102 cm³/mol. The van der Waals surface area contributed by atoms with Crippen molar-refractivity contribution in [3.8, 4) is 0 Å². The van der Waals surface area contributed by atoms with Crippen molar-refractivity contribution in [2.24, 2.45) is 0 Å². The van der Waals surface area contributed by atoms with Gasteiger partial charge in [0.1, 0.15) is 5.82 Å². The number of likely N-dealkylation sites (N-methyl/N-ethyl adjacent to an activating group) is 1. The number of nitrogens with zero attached hydrogens (tertiary/aromatic N) is 2. The van der Waals surface area contributed by atoms with E-state index < -0.39 is 0 Å². The fourth-order valence-electron chi connectivity index (χ4n) is 4.24. The van der Waals surface area contributed by atoms with Gasteiger partial charge in [-0.05, 0) is 56.1 Å². The highest BCUT2D eigenvalue weighted by molar-refractivity contribution is 5.89. The molecule has 1 atom stereocenters. The molecule has 1 aliphatic heterocycles. The molecule has 0 fully saturated rings. The SMILES string of the molecule is Cc1cccc2c3c(n(CCc4ccc(F)cc4)c12)CCN(C)C3C. The van der Waals surface area contributed by atoms with Crippen molar-refractivity contribution in [1.82, 2.24) is 9.47 Å². The van der Waals surface area contributed by atoms with Crippen LogP contribution in [0.3, 0.4) is 0 Å². The first-order valence-corrected chi connectivity index (χ1v) is 9.11. The fraction of sp³-hybridized carbons (Fsp3) is 0.364. The number of aryl methyl sites for hydroxylation is 3. The van der Waals surface area contributed by atoms with Gasteiger partial charge < -0.3 is 4.57 Å². The quantitative estimate of drug-likeness (QED) is 0.662. The number of benzene rings is 2. The van der Waals surface area contributed by atoms with Crippen molar-refractivity contribution in [1.29, 1.82) is 0 Å². The summed E-state index contributed by atoms with van der Waals surface area (Å²) in [7, 11) is 2.21. The zero-order valence-electron chi connectivity index (χ0n) is 15.2. The number of fused-ring (bicyclic) bond motifs is 3. The van der Waals surface area contributed by atoms with Crippen LogP contribution in [0, 0.1) is 12.7 Å². The summed E-state index contributed by atoms with van der Waals surface area (Å²) < 4.78 is 15.7. The number of hydrogen-bond donors (Lipinski definition) is 0. The Kier molecular flexibility index (Phi) is 4.12. The average molecular weight is 336 g/mol. The van der Waals surface area contributed by atoms with E-state index in [0.29, 0.717) is 6.04 Å². The molecule has 3 aromatic rings. The minimum atomic E-state index is -0.166. The monoisotopic (exact) mass is 336 g/mol. The van der Waals surface area contributed by atoms with Crippen LogP contribution in [0.1, 0.15) is 35.3 Å². The summed E-state index contributed by atoms with van der Waals surface area (Å²) in [5.41, 5.74) is 6.87. The third kappa shape index (κ3) is 2.77. The van der Waals surface area contributed by atoms with Crippen molar-refractivity contribution in [2.75, 3.05) is 13.6 Å². The van der Waals surface area contributed by atoms with Gasteiger partial charge in [0.15, 0.2) is 0 Å². The molecular weight excluding hydrogens is 311 g/mol. The smallest absolute Gasteiger partial charge is 0.123 e. The number of para-hydroxylation sites is 1. The van der Waals surface area contributed by atoms with Gasteiger partial charge in [-0.25, -0.2) is 4.39 Å². The Bertz CT molecular complexity index is 908. The molecule has 0 N–H and O–H groups in total. The van der Waals surface area contributed by atoms with Gasteiger partial charge in [0, 0.05) is 36.6 Å². The molecule has 1 unspecified atom stereocenters. The Morgan fingerprint density at radius 3 is 2.64 bits per heavy atom. The van der Waals surface area contributed by atoms with Crippen LogP contribution >= 0.6 is 0 Å². The van der Waals surface area contributed by atoms with E-state index in [1.54, 1.807) is 12.1 Å². The molecule has 0 saturated carbocycles. The maximum atomic E-state index is 13.2. The number of hydrogen-bond acceptors (Lipinski definition) is 1. The van der Waals surface area contributed by atoms with E-state index in [-0.39, 0.29) is 5.82 Å². The zero-order valence-corrected chi connectivity index (χ0v) is 15.2. The van der Waals surface area contributed by atoms with Crippen LogP contribution in [0.5, 0.6) is 0 Å². The standard InChI is InChI=1S/C22H25FN2/c1-15-5-4-6-19-21-16(2)24(3)13-12-20(21)25(22(15)19)14-11-17-7-9-18(23)10-8-17/h4-10,16H,11-14H2,1-3H3. The summed E-state index contributed by atoms with van der Waals surface area (Å²) in [6, 6.07) is 14.0. The van der Waals surface area contributed by atoms with E-state index >= 15 is 0 Å². The lowest BCUT2D eigenvalue weighted by atomic mass is 9.97. The van der Waals surface area contributed by atoms with Gasteiger partial charge in [-0.3, -0.25) is 4.90 Å². The van der Waals surface area contributed by atoms with E-state index in [1.807, 2.05) is 12.1 Å². The normalized spacial score (nSPS) is 17.8. The summed E-state index contributed by atoms with van der Waals surface area (Å²) in [5.74, 6) is -0.166. The largest absolute Gasteiger partial charge is 0.344 e. The molecule has 4 rings (SSSR count). The van der Waals surface area contributed by atoms with E-state index in [4.69, 9.17) is 0 Å². The van der Waals surface area contributed by atoms with Gasteiger partial charge in [0.25, 0.3) is 0 Å². The third-order valence-electron chi connectivity index (χ3n) is 5.75. The van der Waals surface area contributed by atoms with Crippen molar-refractivity contribution in [2.45, 2.75) is 39.3 Å². The number of halogens is 1. The van der Waals surface area contributed by atoms with Crippen molar-refractivity contribution < 1.29 is 4.39 Å². The molecule has 2 aromatic carbocycles. The zero-order chi connectivity index (χ0) is 17.6. The molecule has 3 heteroatoms. The van der Waals surface area contributed by atoms with Gasteiger partial charge in [0.05, 0.1) is 5.52 Å². The Balaban J connectivity index is 1.79. The second kappa shape index (κ2) is 6.30. The van der Waals surface area contributed by atoms with E-state index in [9.17, 15) is 4.39 Å². The molecule has 130 valence electrons. The van der Waals surface area contributed by atoms with Crippen LogP contribution in [-0.4, -0.2) is 23.1 Å². The van der Waals surface area contributed by atoms with E-state index in [1.165, 1.54) is 33.3 Å². The lowest BCUT2D eigenvalue weighted by Gasteiger charge is -2.31. The summed E-state index contributed by atoms with van der Waals surface area (Å²) in [6.07, 6.45) is 2.02. The van der Waals surface area contributed by atoms with Crippen molar-refractivity contribution in [3.63, 3.8) is 0 Å². The van der Waals surface area contributed by atoms with E-state index in [2.05, 4.69) is 48.6 Å². The molecule has 0 saturated heterocycles. The van der Waals surface area contributed by atoms with Gasteiger partial charge in [-0.1, -0.05) is 30.3 Å². The molecule has 0 amide bonds. The summed E-state index contributed by atoms with van der Waals surface area (Å²) in [4.78, 5) is 2.44. The summed E-state index contributed by atoms with van der Waals surface area (Å²) in [6.45, 7) is 6.56. The van der Waals surface area contributed by atoms with Crippen LogP contribution in [0.15, 0.2) is 42.5 Å². The van der Waals surface area contributed by atoms with Gasteiger partial charge in [-0.15, -0.1) is 0 Å². The first-order valence-electron chi connectivity index (χ1n) is 9.11. The molecule has 0 aliphatic carbocycles. The van der Waals surface area contributed by atoms with Crippen molar-refractivity contribution in [3.05, 3.63) is 70.7 Å². The highest BCUT2D eigenvalue weighted by atomic mass is 19.1. The highest BCUT2D eigenvalue weighted by Crippen LogP contribution is 2.38. The number of rotatable bonds is 3. The topological polar surface area (TPSA) is 8.17 Å². The summed E-state index contributed by atoms with van der Waals surface area (Å²) in [5, 5.41) is 1.40. The lowest BCUT2D eigenvalue weighted by Crippen LogP contribution is -2.31. The first-order chi connectivity index (χ1) is 12.1. The van der Waals surface area contributed by atoms with Crippen LogP contribution in [0.25, 0.3) is 10.9 Å². The Morgan fingerprint density at radius 1 is 1.12 bits per heavy atom. The number of aromatic nitrogens is 1. The molecule has 0 radical (unpaired) electrons. The van der Waals surface area contributed by atoms with E-state index in [0.717, 1.165) is 25.9 Å². The average Bonchev–Trinajstić information content (AvgIpc) is 2.93. The molecule has 25 heavy (non-hydrogen) atoms. The first kappa shape index (κ1) is 16.3. The lowest BCUT2D eigenvalue weighted by molar-refractivity contribution is 0.245. The Labute approximate surface area is 148 Å². The van der Waals surface area contributed by atoms with Crippen LogP contribution in [-0.2, 0) is 19.4 Å². The molecule has 2 nitrogen and oxygen atoms in total. The highest BCUT2D eigenvalue weighted by Gasteiger charge is 2.28. The Morgan fingerprint density at radius 2 is 1.88 bits per heavy atom. The molecule has 1 aliphatic rings. The van der Waals surface area contributed by atoms with Gasteiger partial charge in [-0.2, -0.15) is 0 Å². The maximum Gasteiger partial charge on any atom is 0.123 e. The predicted octanol–water partition coefficient (Wildman–Crippen LogP) is 4.88. The van der Waals surface area contributed by atoms with Crippen LogP contribution < -0.4 is 0 Å². The minimum absolute atomic E-state index is 0.166. The minimum Gasteiger partial charge on any atom is -0.344 e. The molecule has 1 aromatic heterocycles. The molecule has 2 heterocycles. The second-order valence-corrected chi connectivity index (χ2v) is 7.27. The summed E-state index contributed by atoms with van der Waals surface area (Å²) >= 11 is 0. The van der Waals surface area contributed by atoms with Crippen molar-refractivity contribution >= 4 is 10.9 Å².